The van der Waals surface area contributed by atoms with Crippen LogP contribution < -0.4 is 5.32 Å². The van der Waals surface area contributed by atoms with Crippen molar-refractivity contribution in [3.63, 3.8) is 0 Å². The van der Waals surface area contributed by atoms with E-state index in [1.54, 1.807) is 11.8 Å². The Bertz CT molecular complexity index is 741. The summed E-state index contributed by atoms with van der Waals surface area (Å²) in [5.74, 6) is -0.160. The molecule has 2 aromatic carbocycles. The summed E-state index contributed by atoms with van der Waals surface area (Å²) in [6.45, 7) is 8.24. The van der Waals surface area contributed by atoms with Crippen molar-refractivity contribution in [3.8, 4) is 0 Å². The summed E-state index contributed by atoms with van der Waals surface area (Å²) in [5.41, 5.74) is 3.13. The molecule has 0 aliphatic rings. The molecule has 0 radical (unpaired) electrons. The van der Waals surface area contributed by atoms with E-state index in [0.717, 1.165) is 23.1 Å². The SMILES string of the molecule is CC[C@H](C)NC(=O)[C@@H](C)N(Cc1ccccc1)C(=O)Cc1ccc(C)cc1. The lowest BCUT2D eigenvalue weighted by atomic mass is 10.1. The Morgan fingerprint density at radius 2 is 1.59 bits per heavy atom. The zero-order valence-electron chi connectivity index (χ0n) is 16.7. The smallest absolute Gasteiger partial charge is 0.242 e. The minimum atomic E-state index is -0.530. The fourth-order valence-electron chi connectivity index (χ4n) is 2.81. The van der Waals surface area contributed by atoms with Crippen LogP contribution in [0.2, 0.25) is 0 Å². The number of aryl methyl sites for hydroxylation is 1. The first-order valence-corrected chi connectivity index (χ1v) is 9.60. The third-order valence-corrected chi connectivity index (χ3v) is 4.84. The van der Waals surface area contributed by atoms with E-state index in [1.165, 1.54) is 0 Å². The number of hydrogen-bond acceptors (Lipinski definition) is 2. The van der Waals surface area contributed by atoms with Gasteiger partial charge in [-0.15, -0.1) is 0 Å². The summed E-state index contributed by atoms with van der Waals surface area (Å²) in [6.07, 6.45) is 1.14. The topological polar surface area (TPSA) is 49.4 Å². The van der Waals surface area contributed by atoms with Crippen molar-refractivity contribution in [1.29, 1.82) is 0 Å². The van der Waals surface area contributed by atoms with Gasteiger partial charge in [-0.2, -0.15) is 0 Å². The molecule has 144 valence electrons. The van der Waals surface area contributed by atoms with Gasteiger partial charge >= 0.3 is 0 Å². The lowest BCUT2D eigenvalue weighted by Gasteiger charge is -2.29. The van der Waals surface area contributed by atoms with Crippen LogP contribution in [0.1, 0.15) is 43.9 Å². The highest BCUT2D eigenvalue weighted by atomic mass is 16.2. The van der Waals surface area contributed by atoms with Gasteiger partial charge in [0.05, 0.1) is 6.42 Å². The van der Waals surface area contributed by atoms with Crippen LogP contribution in [0.25, 0.3) is 0 Å². The molecule has 0 bridgehead atoms. The maximum absolute atomic E-state index is 13.0. The molecule has 0 aliphatic heterocycles. The fourth-order valence-corrected chi connectivity index (χ4v) is 2.81. The molecule has 2 amide bonds. The molecule has 0 aliphatic carbocycles. The summed E-state index contributed by atoms with van der Waals surface area (Å²) in [7, 11) is 0. The number of amides is 2. The van der Waals surface area contributed by atoms with Crippen molar-refractivity contribution >= 4 is 11.8 Å². The summed E-state index contributed by atoms with van der Waals surface area (Å²) in [5, 5.41) is 2.99. The van der Waals surface area contributed by atoms with Crippen LogP contribution in [0, 0.1) is 6.92 Å². The Morgan fingerprint density at radius 1 is 0.963 bits per heavy atom. The van der Waals surface area contributed by atoms with E-state index in [4.69, 9.17) is 0 Å². The number of rotatable bonds is 8. The summed E-state index contributed by atoms with van der Waals surface area (Å²) in [4.78, 5) is 27.4. The molecule has 0 fully saturated rings. The second-order valence-corrected chi connectivity index (χ2v) is 7.16. The van der Waals surface area contributed by atoms with E-state index in [2.05, 4.69) is 5.32 Å². The van der Waals surface area contributed by atoms with Gasteiger partial charge in [0.2, 0.25) is 11.8 Å². The summed E-state index contributed by atoms with van der Waals surface area (Å²) >= 11 is 0. The number of benzene rings is 2. The highest BCUT2D eigenvalue weighted by Crippen LogP contribution is 2.13. The highest BCUT2D eigenvalue weighted by Gasteiger charge is 2.26. The van der Waals surface area contributed by atoms with E-state index in [1.807, 2.05) is 75.4 Å². The van der Waals surface area contributed by atoms with Crippen LogP contribution in [0.15, 0.2) is 54.6 Å². The molecule has 1 N–H and O–H groups in total. The maximum atomic E-state index is 13.0. The van der Waals surface area contributed by atoms with E-state index in [9.17, 15) is 9.59 Å². The van der Waals surface area contributed by atoms with E-state index >= 15 is 0 Å². The molecule has 4 nitrogen and oxygen atoms in total. The molecule has 0 heterocycles. The lowest BCUT2D eigenvalue weighted by molar-refractivity contribution is -0.140. The number of carbonyl (C=O) groups excluding carboxylic acids is 2. The van der Waals surface area contributed by atoms with E-state index in [0.29, 0.717) is 6.54 Å². The zero-order valence-corrected chi connectivity index (χ0v) is 16.7. The number of carbonyl (C=O) groups is 2. The molecule has 0 saturated carbocycles. The zero-order chi connectivity index (χ0) is 19.8. The van der Waals surface area contributed by atoms with Gasteiger partial charge in [-0.3, -0.25) is 9.59 Å². The molecular formula is C23H30N2O2. The first-order chi connectivity index (χ1) is 12.9. The standard InChI is InChI=1S/C23H30N2O2/c1-5-18(3)24-23(27)19(4)25(16-21-9-7-6-8-10-21)22(26)15-20-13-11-17(2)12-14-20/h6-14,18-19H,5,15-16H2,1-4H3,(H,24,27)/t18-,19+/m0/s1. The lowest BCUT2D eigenvalue weighted by Crippen LogP contribution is -2.49. The van der Waals surface area contributed by atoms with Gasteiger partial charge in [-0.25, -0.2) is 0 Å². The maximum Gasteiger partial charge on any atom is 0.242 e. The molecule has 2 rings (SSSR count). The summed E-state index contributed by atoms with van der Waals surface area (Å²) < 4.78 is 0. The van der Waals surface area contributed by atoms with Crippen LogP contribution in [0.5, 0.6) is 0 Å². The van der Waals surface area contributed by atoms with Crippen LogP contribution >= 0.6 is 0 Å². The van der Waals surface area contributed by atoms with Crippen molar-refractivity contribution in [2.45, 2.75) is 59.2 Å². The first-order valence-electron chi connectivity index (χ1n) is 9.60. The number of nitrogens with one attached hydrogen (secondary N) is 1. The van der Waals surface area contributed by atoms with Crippen LogP contribution in [-0.2, 0) is 22.6 Å². The summed E-state index contributed by atoms with van der Waals surface area (Å²) in [6, 6.07) is 17.3. The average molecular weight is 367 g/mol. The van der Waals surface area contributed by atoms with Gasteiger partial charge in [0, 0.05) is 12.6 Å². The van der Waals surface area contributed by atoms with Crippen molar-refractivity contribution in [2.75, 3.05) is 0 Å². The fraction of sp³-hybridized carbons (Fsp3) is 0.391. The Kier molecular flexibility index (Phi) is 7.59. The Hall–Kier alpha value is -2.62. The average Bonchev–Trinajstić information content (AvgIpc) is 2.67. The largest absolute Gasteiger partial charge is 0.352 e. The molecule has 27 heavy (non-hydrogen) atoms. The van der Waals surface area contributed by atoms with Crippen molar-refractivity contribution in [3.05, 3.63) is 71.3 Å². The Labute approximate surface area is 162 Å². The monoisotopic (exact) mass is 366 g/mol. The van der Waals surface area contributed by atoms with Crippen molar-refractivity contribution in [1.82, 2.24) is 10.2 Å². The van der Waals surface area contributed by atoms with Gasteiger partial charge in [-0.1, -0.05) is 67.1 Å². The third kappa shape index (κ3) is 6.24. The molecular weight excluding hydrogens is 336 g/mol. The molecule has 0 unspecified atom stereocenters. The van der Waals surface area contributed by atoms with Crippen molar-refractivity contribution in [2.24, 2.45) is 0 Å². The molecule has 0 aromatic heterocycles. The Morgan fingerprint density at radius 3 is 2.19 bits per heavy atom. The van der Waals surface area contributed by atoms with Gasteiger partial charge in [0.1, 0.15) is 6.04 Å². The van der Waals surface area contributed by atoms with Crippen LogP contribution in [-0.4, -0.2) is 28.8 Å². The molecule has 4 heteroatoms. The second kappa shape index (κ2) is 9.91. The second-order valence-electron chi connectivity index (χ2n) is 7.16. The van der Waals surface area contributed by atoms with E-state index < -0.39 is 6.04 Å². The molecule has 0 spiro atoms. The highest BCUT2D eigenvalue weighted by molar-refractivity contribution is 5.88. The van der Waals surface area contributed by atoms with Crippen molar-refractivity contribution < 1.29 is 9.59 Å². The predicted molar refractivity (Wildman–Crippen MR) is 109 cm³/mol. The minimum absolute atomic E-state index is 0.0468. The first kappa shape index (κ1) is 20.7. The van der Waals surface area contributed by atoms with Gasteiger partial charge in [-0.05, 0) is 38.3 Å². The number of nitrogens with zero attached hydrogens (tertiary/aromatic N) is 1. The third-order valence-electron chi connectivity index (χ3n) is 4.84. The van der Waals surface area contributed by atoms with Gasteiger partial charge in [0.15, 0.2) is 0 Å². The van der Waals surface area contributed by atoms with Gasteiger partial charge < -0.3 is 10.2 Å². The van der Waals surface area contributed by atoms with E-state index in [-0.39, 0.29) is 24.3 Å². The van der Waals surface area contributed by atoms with Gasteiger partial charge in [0.25, 0.3) is 0 Å². The quantitative estimate of drug-likeness (QED) is 0.771. The predicted octanol–water partition coefficient (Wildman–Crippen LogP) is 3.87. The normalized spacial score (nSPS) is 12.9. The molecule has 0 saturated heterocycles. The van der Waals surface area contributed by atoms with Crippen LogP contribution in [0.3, 0.4) is 0 Å². The Balaban J connectivity index is 2.18. The molecule has 2 atom stereocenters. The van der Waals surface area contributed by atoms with Crippen LogP contribution in [0.4, 0.5) is 0 Å². The minimum Gasteiger partial charge on any atom is -0.352 e. The molecule has 2 aromatic rings. The number of hydrogen-bond donors (Lipinski definition) is 1.